The Morgan fingerprint density at radius 1 is 1.20 bits per heavy atom. The molecule has 1 atom stereocenters. The maximum atomic E-state index is 11.8. The highest BCUT2D eigenvalue weighted by Gasteiger charge is 2.33. The van der Waals surface area contributed by atoms with Gasteiger partial charge in [-0.15, -0.1) is 10.2 Å². The molecule has 3 aromatic rings. The van der Waals surface area contributed by atoms with Crippen molar-refractivity contribution >= 4 is 27.5 Å². The van der Waals surface area contributed by atoms with E-state index < -0.39 is 6.04 Å². The predicted molar refractivity (Wildman–Crippen MR) is 96.7 cm³/mol. The SMILES string of the molecule is NC(=O)[C@@H]1Cc2ccccc2N1Cc1nnc(-c2ccccc2Br)o1. The molecule has 0 saturated heterocycles. The van der Waals surface area contributed by atoms with Crippen molar-refractivity contribution in [1.82, 2.24) is 10.2 Å². The number of primary amides is 1. The Kier molecular flexibility index (Phi) is 4.01. The van der Waals surface area contributed by atoms with Gasteiger partial charge >= 0.3 is 0 Å². The third-order valence-electron chi connectivity index (χ3n) is 4.30. The van der Waals surface area contributed by atoms with Gasteiger partial charge in [-0.25, -0.2) is 0 Å². The summed E-state index contributed by atoms with van der Waals surface area (Å²) >= 11 is 3.48. The van der Waals surface area contributed by atoms with Gasteiger partial charge in [0.05, 0.1) is 12.1 Å². The van der Waals surface area contributed by atoms with Crippen LogP contribution in [-0.2, 0) is 17.8 Å². The standard InChI is InChI=1S/C18H15BrN4O2/c19-13-7-3-2-6-12(13)18-22-21-16(25-18)10-23-14-8-4-1-5-11(14)9-15(23)17(20)24/h1-8,15H,9-10H2,(H2,20,24)/t15-/m0/s1. The number of hydrogen-bond donors (Lipinski definition) is 1. The van der Waals surface area contributed by atoms with Crippen molar-refractivity contribution in [2.24, 2.45) is 5.73 Å². The largest absolute Gasteiger partial charge is 0.419 e. The Balaban J connectivity index is 1.64. The summed E-state index contributed by atoms with van der Waals surface area (Å²) in [5.41, 5.74) is 8.49. The Bertz CT molecular complexity index is 940. The second kappa shape index (κ2) is 6.33. The van der Waals surface area contributed by atoms with Crippen LogP contribution >= 0.6 is 15.9 Å². The maximum absolute atomic E-state index is 11.8. The number of halogens is 1. The summed E-state index contributed by atoms with van der Waals surface area (Å²) in [5.74, 6) is 0.515. The molecule has 0 fully saturated rings. The van der Waals surface area contributed by atoms with Crippen LogP contribution in [0.3, 0.4) is 0 Å². The first-order valence-electron chi connectivity index (χ1n) is 7.84. The molecular formula is C18H15BrN4O2. The van der Waals surface area contributed by atoms with Gasteiger partial charge in [-0.2, -0.15) is 0 Å². The molecular weight excluding hydrogens is 384 g/mol. The third-order valence-corrected chi connectivity index (χ3v) is 4.99. The van der Waals surface area contributed by atoms with Crippen molar-refractivity contribution in [2.45, 2.75) is 19.0 Å². The van der Waals surface area contributed by atoms with Crippen LogP contribution in [-0.4, -0.2) is 22.1 Å². The van der Waals surface area contributed by atoms with E-state index in [1.54, 1.807) is 0 Å². The number of fused-ring (bicyclic) bond motifs is 1. The molecule has 0 saturated carbocycles. The average Bonchev–Trinajstić information content (AvgIpc) is 3.21. The average molecular weight is 399 g/mol. The van der Waals surface area contributed by atoms with E-state index >= 15 is 0 Å². The minimum absolute atomic E-state index is 0.335. The van der Waals surface area contributed by atoms with Crippen LogP contribution in [0, 0.1) is 0 Å². The number of benzene rings is 2. The predicted octanol–water partition coefficient (Wildman–Crippen LogP) is 2.92. The molecule has 1 aliphatic rings. The molecule has 7 heteroatoms. The number of nitrogens with zero attached hydrogens (tertiary/aromatic N) is 3. The van der Waals surface area contributed by atoms with Gasteiger partial charge in [-0.1, -0.05) is 30.3 Å². The van der Waals surface area contributed by atoms with Crippen molar-refractivity contribution in [3.8, 4) is 11.5 Å². The molecule has 1 aliphatic heterocycles. The number of para-hydroxylation sites is 1. The molecule has 2 heterocycles. The minimum Gasteiger partial charge on any atom is -0.419 e. The topological polar surface area (TPSA) is 85.3 Å². The van der Waals surface area contributed by atoms with Crippen LogP contribution in [0.1, 0.15) is 11.5 Å². The number of carbonyl (C=O) groups is 1. The van der Waals surface area contributed by atoms with Crippen molar-refractivity contribution in [3.05, 3.63) is 64.5 Å². The number of amides is 1. The molecule has 0 spiro atoms. The molecule has 25 heavy (non-hydrogen) atoms. The normalized spacial score (nSPS) is 16.0. The van der Waals surface area contributed by atoms with E-state index in [1.807, 2.05) is 53.4 Å². The fourth-order valence-corrected chi connectivity index (χ4v) is 3.56. The molecule has 0 radical (unpaired) electrons. The summed E-state index contributed by atoms with van der Waals surface area (Å²) in [5, 5.41) is 8.26. The van der Waals surface area contributed by atoms with Crippen LogP contribution in [0.25, 0.3) is 11.5 Å². The minimum atomic E-state index is -0.406. The van der Waals surface area contributed by atoms with Gasteiger partial charge in [0.1, 0.15) is 6.04 Å². The molecule has 1 aromatic heterocycles. The van der Waals surface area contributed by atoms with E-state index in [0.29, 0.717) is 24.7 Å². The lowest BCUT2D eigenvalue weighted by molar-refractivity contribution is -0.119. The molecule has 2 aromatic carbocycles. The van der Waals surface area contributed by atoms with Gasteiger partial charge in [0, 0.05) is 16.6 Å². The van der Waals surface area contributed by atoms with Gasteiger partial charge in [-0.05, 0) is 39.7 Å². The highest BCUT2D eigenvalue weighted by molar-refractivity contribution is 9.10. The first kappa shape index (κ1) is 15.8. The molecule has 126 valence electrons. The number of hydrogen-bond acceptors (Lipinski definition) is 5. The van der Waals surface area contributed by atoms with Gasteiger partial charge in [0.15, 0.2) is 0 Å². The number of carbonyl (C=O) groups excluding carboxylic acids is 1. The van der Waals surface area contributed by atoms with Gasteiger partial charge in [-0.3, -0.25) is 4.79 Å². The summed E-state index contributed by atoms with van der Waals surface area (Å²) < 4.78 is 6.69. The fourth-order valence-electron chi connectivity index (χ4n) is 3.11. The van der Waals surface area contributed by atoms with Crippen molar-refractivity contribution in [3.63, 3.8) is 0 Å². The lowest BCUT2D eigenvalue weighted by atomic mass is 10.1. The van der Waals surface area contributed by atoms with E-state index in [-0.39, 0.29) is 5.91 Å². The van der Waals surface area contributed by atoms with E-state index in [4.69, 9.17) is 10.2 Å². The summed E-state index contributed by atoms with van der Waals surface area (Å²) in [6.45, 7) is 0.335. The smallest absolute Gasteiger partial charge is 0.248 e. The van der Waals surface area contributed by atoms with Crippen LogP contribution in [0.5, 0.6) is 0 Å². The van der Waals surface area contributed by atoms with Crippen molar-refractivity contribution in [1.29, 1.82) is 0 Å². The quantitative estimate of drug-likeness (QED) is 0.729. The monoisotopic (exact) mass is 398 g/mol. The Morgan fingerprint density at radius 3 is 2.76 bits per heavy atom. The Morgan fingerprint density at radius 2 is 1.96 bits per heavy atom. The third kappa shape index (κ3) is 2.91. The lowest BCUT2D eigenvalue weighted by Gasteiger charge is -2.23. The van der Waals surface area contributed by atoms with E-state index in [1.165, 1.54) is 0 Å². The zero-order valence-electron chi connectivity index (χ0n) is 13.2. The number of rotatable bonds is 4. The fraction of sp³-hybridized carbons (Fsp3) is 0.167. The van der Waals surface area contributed by atoms with E-state index in [0.717, 1.165) is 21.3 Å². The first-order chi connectivity index (χ1) is 12.1. The first-order valence-corrected chi connectivity index (χ1v) is 8.64. The number of anilines is 1. The van der Waals surface area contributed by atoms with Gasteiger partial charge < -0.3 is 15.1 Å². The van der Waals surface area contributed by atoms with E-state index in [9.17, 15) is 4.79 Å². The Labute approximate surface area is 152 Å². The molecule has 0 aliphatic carbocycles. The van der Waals surface area contributed by atoms with Gasteiger partial charge in [0.25, 0.3) is 0 Å². The highest BCUT2D eigenvalue weighted by Crippen LogP contribution is 2.34. The zero-order valence-corrected chi connectivity index (χ0v) is 14.8. The van der Waals surface area contributed by atoms with Crippen LogP contribution in [0.4, 0.5) is 5.69 Å². The second-order valence-corrected chi connectivity index (χ2v) is 6.71. The van der Waals surface area contributed by atoms with Crippen LogP contribution in [0.15, 0.2) is 57.4 Å². The molecule has 4 rings (SSSR count). The summed E-state index contributed by atoms with van der Waals surface area (Å²) in [7, 11) is 0. The van der Waals surface area contributed by atoms with E-state index in [2.05, 4.69) is 26.1 Å². The van der Waals surface area contributed by atoms with Gasteiger partial charge in [0.2, 0.25) is 17.7 Å². The molecule has 0 unspecified atom stereocenters. The summed E-state index contributed by atoms with van der Waals surface area (Å²) in [6.07, 6.45) is 0.594. The molecule has 0 bridgehead atoms. The lowest BCUT2D eigenvalue weighted by Crippen LogP contribution is -2.42. The zero-order chi connectivity index (χ0) is 17.4. The molecule has 2 N–H and O–H groups in total. The maximum Gasteiger partial charge on any atom is 0.248 e. The summed E-state index contributed by atoms with van der Waals surface area (Å²) in [6, 6.07) is 15.1. The van der Waals surface area contributed by atoms with Crippen molar-refractivity contribution in [2.75, 3.05) is 4.90 Å². The van der Waals surface area contributed by atoms with Crippen LogP contribution in [0.2, 0.25) is 0 Å². The number of aromatic nitrogens is 2. The Hall–Kier alpha value is -2.67. The summed E-state index contributed by atoms with van der Waals surface area (Å²) in [4.78, 5) is 13.8. The highest BCUT2D eigenvalue weighted by atomic mass is 79.9. The number of nitrogens with two attached hydrogens (primary N) is 1. The van der Waals surface area contributed by atoms with Crippen molar-refractivity contribution < 1.29 is 9.21 Å². The van der Waals surface area contributed by atoms with Crippen LogP contribution < -0.4 is 10.6 Å². The molecule has 1 amide bonds. The second-order valence-electron chi connectivity index (χ2n) is 5.86. The molecule has 6 nitrogen and oxygen atoms in total.